The first-order valence-corrected chi connectivity index (χ1v) is 6.40. The quantitative estimate of drug-likeness (QED) is 0.828. The van der Waals surface area contributed by atoms with E-state index in [1.54, 1.807) is 37.3 Å². The predicted molar refractivity (Wildman–Crippen MR) is 77.6 cm³/mol. The highest BCUT2D eigenvalue weighted by atomic mass is 79.9. The molecule has 0 spiro atoms. The van der Waals surface area contributed by atoms with E-state index < -0.39 is 11.7 Å². The average molecular weight is 323 g/mol. The monoisotopic (exact) mass is 322 g/mol. The fourth-order valence-corrected chi connectivity index (χ4v) is 2.04. The number of hydrogen-bond acceptors (Lipinski definition) is 2. The van der Waals surface area contributed by atoms with Gasteiger partial charge in [-0.05, 0) is 36.8 Å². The van der Waals surface area contributed by atoms with Crippen molar-refractivity contribution in [2.45, 2.75) is 6.92 Å². The molecule has 3 N–H and O–H groups in total. The number of amides is 1. The van der Waals surface area contributed by atoms with Crippen LogP contribution in [0.4, 0.5) is 15.8 Å². The molecule has 0 aliphatic rings. The van der Waals surface area contributed by atoms with Crippen LogP contribution < -0.4 is 11.1 Å². The van der Waals surface area contributed by atoms with Gasteiger partial charge in [-0.1, -0.05) is 28.1 Å². The van der Waals surface area contributed by atoms with E-state index in [1.807, 2.05) is 0 Å². The van der Waals surface area contributed by atoms with Crippen LogP contribution >= 0.6 is 15.9 Å². The highest BCUT2D eigenvalue weighted by Crippen LogP contribution is 2.24. The van der Waals surface area contributed by atoms with Crippen molar-refractivity contribution in [2.24, 2.45) is 0 Å². The maximum Gasteiger partial charge on any atom is 0.258 e. The van der Waals surface area contributed by atoms with E-state index in [1.165, 1.54) is 6.07 Å². The van der Waals surface area contributed by atoms with Crippen molar-refractivity contribution in [3.63, 3.8) is 0 Å². The lowest BCUT2D eigenvalue weighted by molar-refractivity contribution is 0.102. The Morgan fingerprint density at radius 1 is 1.32 bits per heavy atom. The second-order valence-corrected chi connectivity index (χ2v) is 5.04. The summed E-state index contributed by atoms with van der Waals surface area (Å²) in [4.78, 5) is 12.0. The van der Waals surface area contributed by atoms with Gasteiger partial charge in [0.05, 0.1) is 16.9 Å². The molecule has 0 bridgehead atoms. The molecule has 0 radical (unpaired) electrons. The van der Waals surface area contributed by atoms with Gasteiger partial charge >= 0.3 is 0 Å². The number of carbonyl (C=O) groups excluding carboxylic acids is 1. The van der Waals surface area contributed by atoms with Crippen molar-refractivity contribution in [1.29, 1.82) is 0 Å². The van der Waals surface area contributed by atoms with E-state index in [2.05, 4.69) is 21.2 Å². The topological polar surface area (TPSA) is 55.1 Å². The molecule has 2 aromatic carbocycles. The Morgan fingerprint density at radius 3 is 2.74 bits per heavy atom. The van der Waals surface area contributed by atoms with Crippen molar-refractivity contribution in [3.8, 4) is 0 Å². The van der Waals surface area contributed by atoms with Gasteiger partial charge in [0.15, 0.2) is 0 Å². The lowest BCUT2D eigenvalue weighted by Crippen LogP contribution is -2.15. The molecule has 0 fully saturated rings. The molecular weight excluding hydrogens is 311 g/mol. The van der Waals surface area contributed by atoms with Gasteiger partial charge in [0.2, 0.25) is 0 Å². The predicted octanol–water partition coefficient (Wildman–Crippen LogP) is 3.73. The number of carbonyl (C=O) groups is 1. The van der Waals surface area contributed by atoms with Gasteiger partial charge in [0, 0.05) is 4.47 Å². The Labute approximate surface area is 118 Å². The van der Waals surface area contributed by atoms with E-state index >= 15 is 0 Å². The molecule has 2 rings (SSSR count). The largest absolute Gasteiger partial charge is 0.397 e. The second-order valence-electron chi connectivity index (χ2n) is 4.12. The second kappa shape index (κ2) is 5.40. The molecule has 98 valence electrons. The fourth-order valence-electron chi connectivity index (χ4n) is 1.66. The summed E-state index contributed by atoms with van der Waals surface area (Å²) >= 11 is 3.28. The van der Waals surface area contributed by atoms with Crippen molar-refractivity contribution in [1.82, 2.24) is 0 Å². The number of rotatable bonds is 2. The molecule has 0 heterocycles. The van der Waals surface area contributed by atoms with Gasteiger partial charge in [0.25, 0.3) is 5.91 Å². The van der Waals surface area contributed by atoms with E-state index in [4.69, 9.17) is 5.73 Å². The average Bonchev–Trinajstić information content (AvgIpc) is 2.36. The first-order chi connectivity index (χ1) is 8.99. The molecule has 0 saturated heterocycles. The minimum absolute atomic E-state index is 0.00215. The molecular formula is C14H12BrFN2O. The third-order valence-corrected chi connectivity index (χ3v) is 3.19. The van der Waals surface area contributed by atoms with Gasteiger partial charge < -0.3 is 11.1 Å². The SMILES string of the molecule is Cc1cccc(C(=O)Nc2ccc(Br)cc2N)c1F. The van der Waals surface area contributed by atoms with Gasteiger partial charge in [-0.25, -0.2) is 4.39 Å². The van der Waals surface area contributed by atoms with E-state index in [-0.39, 0.29) is 5.56 Å². The van der Waals surface area contributed by atoms with E-state index in [9.17, 15) is 9.18 Å². The summed E-state index contributed by atoms with van der Waals surface area (Å²) < 4.78 is 14.6. The molecule has 5 heteroatoms. The van der Waals surface area contributed by atoms with Crippen LogP contribution in [0, 0.1) is 12.7 Å². The lowest BCUT2D eigenvalue weighted by Gasteiger charge is -2.09. The van der Waals surface area contributed by atoms with Crippen molar-refractivity contribution in [3.05, 3.63) is 57.8 Å². The molecule has 0 unspecified atom stereocenters. The number of anilines is 2. The Bertz CT molecular complexity index is 643. The van der Waals surface area contributed by atoms with Gasteiger partial charge in [-0.3, -0.25) is 4.79 Å². The fraction of sp³-hybridized carbons (Fsp3) is 0.0714. The summed E-state index contributed by atoms with van der Waals surface area (Å²) in [5.41, 5.74) is 7.07. The van der Waals surface area contributed by atoms with Crippen LogP contribution in [0.5, 0.6) is 0 Å². The zero-order valence-electron chi connectivity index (χ0n) is 10.2. The molecule has 1 amide bonds. The number of halogens is 2. The molecule has 19 heavy (non-hydrogen) atoms. The normalized spacial score (nSPS) is 10.3. The zero-order valence-corrected chi connectivity index (χ0v) is 11.8. The molecule has 3 nitrogen and oxygen atoms in total. The Morgan fingerprint density at radius 2 is 2.05 bits per heavy atom. The molecule has 0 aliphatic heterocycles. The smallest absolute Gasteiger partial charge is 0.258 e. The molecule has 0 aliphatic carbocycles. The highest BCUT2D eigenvalue weighted by Gasteiger charge is 2.14. The van der Waals surface area contributed by atoms with Gasteiger partial charge in [-0.15, -0.1) is 0 Å². The van der Waals surface area contributed by atoms with E-state index in [0.29, 0.717) is 16.9 Å². The van der Waals surface area contributed by atoms with Crippen LogP contribution in [0.1, 0.15) is 15.9 Å². The maximum atomic E-state index is 13.8. The van der Waals surface area contributed by atoms with Gasteiger partial charge in [0.1, 0.15) is 5.82 Å². The molecule has 0 atom stereocenters. The number of nitrogens with one attached hydrogen (secondary N) is 1. The first-order valence-electron chi connectivity index (χ1n) is 5.60. The van der Waals surface area contributed by atoms with Crippen LogP contribution in [-0.2, 0) is 0 Å². The minimum atomic E-state index is -0.518. The number of aryl methyl sites for hydroxylation is 1. The summed E-state index contributed by atoms with van der Waals surface area (Å²) in [6.45, 7) is 1.61. The van der Waals surface area contributed by atoms with E-state index in [0.717, 1.165) is 4.47 Å². The van der Waals surface area contributed by atoms with Crippen LogP contribution in [0.15, 0.2) is 40.9 Å². The first kappa shape index (κ1) is 13.5. The highest BCUT2D eigenvalue weighted by molar-refractivity contribution is 9.10. The Hall–Kier alpha value is -1.88. The summed E-state index contributed by atoms with van der Waals surface area (Å²) in [5.74, 6) is -1.04. The summed E-state index contributed by atoms with van der Waals surface area (Å²) in [6.07, 6.45) is 0. The van der Waals surface area contributed by atoms with Crippen molar-refractivity contribution < 1.29 is 9.18 Å². The maximum absolute atomic E-state index is 13.8. The number of hydrogen-bond donors (Lipinski definition) is 2. The third-order valence-electron chi connectivity index (χ3n) is 2.70. The van der Waals surface area contributed by atoms with Crippen molar-refractivity contribution in [2.75, 3.05) is 11.1 Å². The third kappa shape index (κ3) is 2.93. The van der Waals surface area contributed by atoms with Crippen LogP contribution in [0.2, 0.25) is 0 Å². The van der Waals surface area contributed by atoms with Crippen LogP contribution in [0.3, 0.4) is 0 Å². The Balaban J connectivity index is 2.28. The number of benzene rings is 2. The molecule has 2 aromatic rings. The standard InChI is InChI=1S/C14H12BrFN2O/c1-8-3-2-4-10(13(8)16)14(19)18-12-6-5-9(15)7-11(12)17/h2-7H,17H2,1H3,(H,18,19). The minimum Gasteiger partial charge on any atom is -0.397 e. The van der Waals surface area contributed by atoms with Gasteiger partial charge in [-0.2, -0.15) is 0 Å². The van der Waals surface area contributed by atoms with Crippen LogP contribution in [0.25, 0.3) is 0 Å². The summed E-state index contributed by atoms with van der Waals surface area (Å²) in [5, 5.41) is 2.60. The number of nitrogen functional groups attached to an aromatic ring is 1. The zero-order chi connectivity index (χ0) is 14.0. The summed E-state index contributed by atoms with van der Waals surface area (Å²) in [7, 11) is 0. The summed E-state index contributed by atoms with van der Waals surface area (Å²) in [6, 6.07) is 9.76. The number of nitrogens with two attached hydrogens (primary N) is 1. The van der Waals surface area contributed by atoms with Crippen LogP contribution in [-0.4, -0.2) is 5.91 Å². The molecule has 0 aromatic heterocycles. The lowest BCUT2D eigenvalue weighted by atomic mass is 10.1. The Kier molecular flexibility index (Phi) is 3.85. The van der Waals surface area contributed by atoms with Crippen molar-refractivity contribution >= 4 is 33.2 Å². The molecule has 0 saturated carbocycles.